The van der Waals surface area contributed by atoms with E-state index in [-0.39, 0.29) is 22.2 Å². The van der Waals surface area contributed by atoms with E-state index in [9.17, 15) is 18.5 Å². The first kappa shape index (κ1) is 23.3. The van der Waals surface area contributed by atoms with E-state index in [0.717, 1.165) is 12.8 Å². The number of halogens is 1. The van der Waals surface area contributed by atoms with Crippen LogP contribution in [0.1, 0.15) is 37.4 Å². The number of nitrogens with zero attached hydrogens (tertiary/aromatic N) is 3. The van der Waals surface area contributed by atoms with Crippen molar-refractivity contribution in [3.05, 3.63) is 52.8 Å². The van der Waals surface area contributed by atoms with Crippen LogP contribution in [0.3, 0.4) is 0 Å². The van der Waals surface area contributed by atoms with Crippen LogP contribution in [0.15, 0.2) is 41.4 Å². The van der Waals surface area contributed by atoms with Gasteiger partial charge in [0.25, 0.3) is 0 Å². The Kier molecular flexibility index (Phi) is 7.42. The molecule has 166 valence electrons. The molecule has 1 amide bonds. The molecule has 2 heterocycles. The van der Waals surface area contributed by atoms with E-state index in [4.69, 9.17) is 11.6 Å². The molecule has 1 aromatic carbocycles. The highest BCUT2D eigenvalue weighted by molar-refractivity contribution is 7.89. The summed E-state index contributed by atoms with van der Waals surface area (Å²) in [5.74, 6) is 0.126. The van der Waals surface area contributed by atoms with Gasteiger partial charge in [-0.05, 0) is 55.9 Å². The minimum atomic E-state index is -4.03. The number of rotatable bonds is 7. The number of sulfonamides is 1. The van der Waals surface area contributed by atoms with Crippen LogP contribution >= 0.6 is 11.6 Å². The van der Waals surface area contributed by atoms with E-state index >= 15 is 0 Å². The number of amides is 1. The summed E-state index contributed by atoms with van der Waals surface area (Å²) in [7, 11) is -4.03. The van der Waals surface area contributed by atoms with E-state index < -0.39 is 16.1 Å². The van der Waals surface area contributed by atoms with Crippen molar-refractivity contribution in [2.24, 2.45) is 5.92 Å². The molecule has 2 atom stereocenters. The number of piperidine rings is 1. The average Bonchev–Trinajstić information content (AvgIpc) is 3.17. The predicted molar refractivity (Wildman–Crippen MR) is 119 cm³/mol. The highest BCUT2D eigenvalue weighted by Crippen LogP contribution is 2.25. The molecule has 1 aliphatic heterocycles. The average molecular weight is 463 g/mol. The smallest absolute Gasteiger partial charge is 0.243 e. The number of benzene rings is 1. The lowest BCUT2D eigenvalue weighted by Crippen LogP contribution is -2.51. The minimum Gasteiger partial charge on any atom is -0.341 e. The van der Waals surface area contributed by atoms with Gasteiger partial charge < -0.3 is 9.47 Å². The van der Waals surface area contributed by atoms with Gasteiger partial charge in [0.15, 0.2) is 0 Å². The summed E-state index contributed by atoms with van der Waals surface area (Å²) in [6.45, 7) is 5.31. The summed E-state index contributed by atoms with van der Waals surface area (Å²) in [6, 6.07) is 9.44. The Hall–Kier alpha value is -2.34. The molecule has 1 aliphatic rings. The Morgan fingerprint density at radius 3 is 2.81 bits per heavy atom. The Labute approximate surface area is 188 Å². The van der Waals surface area contributed by atoms with E-state index in [0.29, 0.717) is 36.8 Å². The molecule has 0 saturated carbocycles. The molecule has 0 bridgehead atoms. The van der Waals surface area contributed by atoms with Crippen LogP contribution in [-0.4, -0.2) is 42.9 Å². The van der Waals surface area contributed by atoms with E-state index in [1.807, 2.05) is 0 Å². The largest absolute Gasteiger partial charge is 0.341 e. The van der Waals surface area contributed by atoms with Gasteiger partial charge in [0, 0.05) is 25.8 Å². The van der Waals surface area contributed by atoms with Crippen molar-refractivity contribution in [1.82, 2.24) is 14.2 Å². The van der Waals surface area contributed by atoms with Gasteiger partial charge in [-0.25, -0.2) is 8.42 Å². The Balaban J connectivity index is 1.87. The maximum Gasteiger partial charge on any atom is 0.243 e. The van der Waals surface area contributed by atoms with Crippen LogP contribution < -0.4 is 4.72 Å². The van der Waals surface area contributed by atoms with Crippen molar-refractivity contribution in [2.45, 2.75) is 50.6 Å². The SMILES string of the molecule is Cc1cccc(Cl)c1S(=O)(=O)NC(CCn1cccc1C#N)C(=O)N1CCCC(C)C1. The van der Waals surface area contributed by atoms with Gasteiger partial charge in [0.1, 0.15) is 22.7 Å². The Morgan fingerprint density at radius 1 is 1.35 bits per heavy atom. The maximum atomic E-state index is 13.3. The first-order valence-electron chi connectivity index (χ1n) is 10.3. The first-order chi connectivity index (χ1) is 14.7. The molecule has 1 saturated heterocycles. The standard InChI is InChI=1S/C22H27ClN4O3S/c1-16-6-4-12-27(15-16)22(28)20(10-13-26-11-5-8-18(26)14-24)25-31(29,30)21-17(2)7-3-9-19(21)23/h3,5,7-9,11,16,20,25H,4,6,10,12-13,15H2,1-2H3. The molecule has 0 aliphatic carbocycles. The molecular formula is C22H27ClN4O3S. The number of aromatic nitrogens is 1. The summed E-state index contributed by atoms with van der Waals surface area (Å²) >= 11 is 6.19. The minimum absolute atomic E-state index is 0.0137. The zero-order valence-electron chi connectivity index (χ0n) is 17.7. The number of likely N-dealkylation sites (tertiary alicyclic amines) is 1. The van der Waals surface area contributed by atoms with Crippen molar-refractivity contribution in [3.8, 4) is 6.07 Å². The molecule has 2 unspecified atom stereocenters. The van der Waals surface area contributed by atoms with Crippen molar-refractivity contribution >= 4 is 27.5 Å². The number of hydrogen-bond donors (Lipinski definition) is 1. The van der Waals surface area contributed by atoms with Crippen LogP contribution in [0.4, 0.5) is 0 Å². The van der Waals surface area contributed by atoms with Gasteiger partial charge in [0.05, 0.1) is 5.02 Å². The fraction of sp³-hybridized carbons (Fsp3) is 0.455. The summed E-state index contributed by atoms with van der Waals surface area (Å²) in [5.41, 5.74) is 0.970. The van der Waals surface area contributed by atoms with Crippen LogP contribution in [0.25, 0.3) is 0 Å². The quantitative estimate of drug-likeness (QED) is 0.682. The topological polar surface area (TPSA) is 95.2 Å². The third-order valence-electron chi connectivity index (χ3n) is 5.60. The molecule has 0 radical (unpaired) electrons. The normalized spacial score (nSPS) is 17.9. The third kappa shape index (κ3) is 5.48. The molecule has 1 N–H and O–H groups in total. The van der Waals surface area contributed by atoms with Gasteiger partial charge >= 0.3 is 0 Å². The second-order valence-corrected chi connectivity index (χ2v) is 10.1. The molecule has 0 spiro atoms. The number of aryl methyl sites for hydroxylation is 2. The summed E-state index contributed by atoms with van der Waals surface area (Å²) < 4.78 is 30.7. The second-order valence-electron chi connectivity index (χ2n) is 8.08. The monoisotopic (exact) mass is 462 g/mol. The number of carbonyl (C=O) groups excluding carboxylic acids is 1. The Morgan fingerprint density at radius 2 is 2.13 bits per heavy atom. The fourth-order valence-electron chi connectivity index (χ4n) is 4.02. The molecule has 2 aromatic rings. The van der Waals surface area contributed by atoms with Crippen molar-refractivity contribution < 1.29 is 13.2 Å². The van der Waals surface area contributed by atoms with Crippen LogP contribution in [0.2, 0.25) is 5.02 Å². The predicted octanol–water partition coefficient (Wildman–Crippen LogP) is 3.32. The van der Waals surface area contributed by atoms with Gasteiger partial charge in [0.2, 0.25) is 15.9 Å². The van der Waals surface area contributed by atoms with Crippen molar-refractivity contribution in [2.75, 3.05) is 13.1 Å². The molecule has 1 fully saturated rings. The third-order valence-corrected chi connectivity index (χ3v) is 7.70. The van der Waals surface area contributed by atoms with Crippen LogP contribution in [0, 0.1) is 24.2 Å². The number of nitrogens with one attached hydrogen (secondary N) is 1. The van der Waals surface area contributed by atoms with Crippen LogP contribution in [0.5, 0.6) is 0 Å². The van der Waals surface area contributed by atoms with E-state index in [1.54, 1.807) is 46.9 Å². The van der Waals surface area contributed by atoms with E-state index in [1.165, 1.54) is 6.07 Å². The number of nitriles is 1. The second kappa shape index (κ2) is 9.86. The molecule has 3 rings (SSSR count). The first-order valence-corrected chi connectivity index (χ1v) is 12.2. The molecule has 9 heteroatoms. The van der Waals surface area contributed by atoms with Gasteiger partial charge in [-0.3, -0.25) is 4.79 Å². The lowest BCUT2D eigenvalue weighted by Gasteiger charge is -2.34. The summed E-state index contributed by atoms with van der Waals surface area (Å²) in [6.07, 6.45) is 3.91. The van der Waals surface area contributed by atoms with Crippen molar-refractivity contribution in [1.29, 1.82) is 5.26 Å². The molecule has 1 aromatic heterocycles. The maximum absolute atomic E-state index is 13.3. The van der Waals surface area contributed by atoms with E-state index in [2.05, 4.69) is 17.7 Å². The highest BCUT2D eigenvalue weighted by Gasteiger charge is 2.32. The fourth-order valence-corrected chi connectivity index (χ4v) is 6.08. The van der Waals surface area contributed by atoms with Gasteiger partial charge in [-0.15, -0.1) is 0 Å². The van der Waals surface area contributed by atoms with Gasteiger partial charge in [-0.2, -0.15) is 9.98 Å². The highest BCUT2D eigenvalue weighted by atomic mass is 35.5. The molecule has 7 nitrogen and oxygen atoms in total. The molecule has 31 heavy (non-hydrogen) atoms. The Bertz CT molecular complexity index is 1070. The van der Waals surface area contributed by atoms with Crippen molar-refractivity contribution in [3.63, 3.8) is 0 Å². The molecular weight excluding hydrogens is 436 g/mol. The van der Waals surface area contributed by atoms with Crippen LogP contribution in [-0.2, 0) is 21.4 Å². The summed E-state index contributed by atoms with van der Waals surface area (Å²) in [5, 5.41) is 9.35. The number of hydrogen-bond acceptors (Lipinski definition) is 4. The summed E-state index contributed by atoms with van der Waals surface area (Å²) in [4.78, 5) is 15.1. The zero-order valence-corrected chi connectivity index (χ0v) is 19.3. The lowest BCUT2D eigenvalue weighted by atomic mass is 9.99. The number of carbonyl (C=O) groups is 1. The zero-order chi connectivity index (χ0) is 22.6. The lowest BCUT2D eigenvalue weighted by molar-refractivity contribution is -0.134. The van der Waals surface area contributed by atoms with Gasteiger partial charge in [-0.1, -0.05) is 30.7 Å².